The highest BCUT2D eigenvalue weighted by atomic mass is 16.5. The molecule has 78 valence electrons. The zero-order valence-corrected chi connectivity index (χ0v) is 8.67. The highest BCUT2D eigenvalue weighted by molar-refractivity contribution is 4.78. The molecule has 2 N–H and O–H groups in total. The smallest absolute Gasteiger partial charge is 0.0621 e. The van der Waals surface area contributed by atoms with E-state index in [2.05, 4.69) is 11.8 Å². The Labute approximate surface area is 81.2 Å². The molecule has 1 aliphatic rings. The number of nitrogens with two attached hydrogens (primary N) is 1. The van der Waals surface area contributed by atoms with Crippen molar-refractivity contribution in [1.82, 2.24) is 4.90 Å². The number of rotatable bonds is 6. The minimum atomic E-state index is 0.659. The Hall–Kier alpha value is -0.120. The third-order valence-electron chi connectivity index (χ3n) is 2.66. The van der Waals surface area contributed by atoms with E-state index >= 15 is 0 Å². The first-order valence-corrected chi connectivity index (χ1v) is 5.40. The van der Waals surface area contributed by atoms with Crippen molar-refractivity contribution >= 4 is 0 Å². The fourth-order valence-corrected chi connectivity index (χ4v) is 1.93. The minimum absolute atomic E-state index is 0.659. The average Bonchev–Trinajstić information content (AvgIpc) is 2.59. The third kappa shape index (κ3) is 3.63. The van der Waals surface area contributed by atoms with Crippen LogP contribution in [0.1, 0.15) is 26.2 Å². The summed E-state index contributed by atoms with van der Waals surface area (Å²) >= 11 is 0. The zero-order chi connectivity index (χ0) is 9.52. The molecule has 0 aromatic rings. The van der Waals surface area contributed by atoms with Crippen LogP contribution in [-0.2, 0) is 4.74 Å². The number of likely N-dealkylation sites (tertiary alicyclic amines) is 1. The van der Waals surface area contributed by atoms with E-state index < -0.39 is 0 Å². The van der Waals surface area contributed by atoms with Gasteiger partial charge in [0.15, 0.2) is 0 Å². The van der Waals surface area contributed by atoms with Gasteiger partial charge < -0.3 is 10.5 Å². The van der Waals surface area contributed by atoms with Crippen molar-refractivity contribution in [1.29, 1.82) is 0 Å². The predicted octanol–water partition coefficient (Wildman–Crippen LogP) is 0.836. The maximum Gasteiger partial charge on any atom is 0.0621 e. The maximum absolute atomic E-state index is 5.49. The Bertz CT molecular complexity index is 116. The van der Waals surface area contributed by atoms with Gasteiger partial charge in [0.1, 0.15) is 0 Å². The van der Waals surface area contributed by atoms with E-state index in [1.54, 1.807) is 0 Å². The van der Waals surface area contributed by atoms with Gasteiger partial charge in [-0.1, -0.05) is 0 Å². The van der Waals surface area contributed by atoms with Gasteiger partial charge in [0, 0.05) is 12.6 Å². The van der Waals surface area contributed by atoms with Crippen molar-refractivity contribution in [2.24, 2.45) is 5.73 Å². The van der Waals surface area contributed by atoms with Crippen LogP contribution in [0, 0.1) is 0 Å². The maximum atomic E-state index is 5.49. The van der Waals surface area contributed by atoms with Gasteiger partial charge in [-0.15, -0.1) is 0 Å². The van der Waals surface area contributed by atoms with Crippen LogP contribution in [0.2, 0.25) is 0 Å². The number of nitrogens with zero attached hydrogens (tertiary/aromatic N) is 1. The molecule has 0 aromatic carbocycles. The number of hydrogen-bond donors (Lipinski definition) is 1. The molecule has 1 fully saturated rings. The van der Waals surface area contributed by atoms with Crippen LogP contribution in [0.4, 0.5) is 0 Å². The summed E-state index contributed by atoms with van der Waals surface area (Å²) in [6.45, 7) is 6.98. The predicted molar refractivity (Wildman–Crippen MR) is 54.8 cm³/mol. The Morgan fingerprint density at radius 1 is 1.54 bits per heavy atom. The molecule has 3 heteroatoms. The number of hydrogen-bond acceptors (Lipinski definition) is 3. The van der Waals surface area contributed by atoms with E-state index in [0.29, 0.717) is 6.04 Å². The SMILES string of the molecule is CCOCC1CCCN1CCCN. The Kier molecular flexibility index (Phi) is 5.35. The molecular weight excluding hydrogens is 164 g/mol. The van der Waals surface area contributed by atoms with Crippen molar-refractivity contribution in [3.8, 4) is 0 Å². The van der Waals surface area contributed by atoms with Gasteiger partial charge in [0.05, 0.1) is 6.61 Å². The van der Waals surface area contributed by atoms with Crippen molar-refractivity contribution in [3.05, 3.63) is 0 Å². The lowest BCUT2D eigenvalue weighted by Gasteiger charge is -2.23. The van der Waals surface area contributed by atoms with Crippen LogP contribution < -0.4 is 5.73 Å². The van der Waals surface area contributed by atoms with Gasteiger partial charge in [0.2, 0.25) is 0 Å². The van der Waals surface area contributed by atoms with Crippen molar-refractivity contribution in [3.63, 3.8) is 0 Å². The van der Waals surface area contributed by atoms with Gasteiger partial charge in [-0.25, -0.2) is 0 Å². The summed E-state index contributed by atoms with van der Waals surface area (Å²) < 4.78 is 5.45. The minimum Gasteiger partial charge on any atom is -0.380 e. The quantitative estimate of drug-likeness (QED) is 0.668. The Balaban J connectivity index is 2.18. The first-order valence-electron chi connectivity index (χ1n) is 5.40. The fraction of sp³-hybridized carbons (Fsp3) is 1.00. The molecule has 1 unspecified atom stereocenters. The van der Waals surface area contributed by atoms with Crippen molar-refractivity contribution in [2.45, 2.75) is 32.2 Å². The van der Waals surface area contributed by atoms with Crippen molar-refractivity contribution in [2.75, 3.05) is 32.8 Å². The number of ether oxygens (including phenoxy) is 1. The summed E-state index contributed by atoms with van der Waals surface area (Å²) in [6, 6.07) is 0.659. The average molecular weight is 186 g/mol. The first kappa shape index (κ1) is 11.0. The highest BCUT2D eigenvalue weighted by Crippen LogP contribution is 2.17. The summed E-state index contributed by atoms with van der Waals surface area (Å²) in [4.78, 5) is 2.52. The first-order chi connectivity index (χ1) is 6.38. The zero-order valence-electron chi connectivity index (χ0n) is 8.67. The summed E-state index contributed by atoms with van der Waals surface area (Å²) in [7, 11) is 0. The molecule has 0 aliphatic carbocycles. The van der Waals surface area contributed by atoms with Crippen LogP contribution in [0.25, 0.3) is 0 Å². The molecule has 0 aromatic heterocycles. The van der Waals surface area contributed by atoms with Crippen LogP contribution in [0.15, 0.2) is 0 Å². The van der Waals surface area contributed by atoms with E-state index in [1.165, 1.54) is 19.4 Å². The molecule has 1 rings (SSSR count). The summed E-state index contributed by atoms with van der Waals surface area (Å²) in [5, 5.41) is 0. The lowest BCUT2D eigenvalue weighted by atomic mass is 10.2. The second-order valence-electron chi connectivity index (χ2n) is 3.63. The summed E-state index contributed by atoms with van der Waals surface area (Å²) in [5.74, 6) is 0. The Morgan fingerprint density at radius 3 is 3.08 bits per heavy atom. The molecule has 0 radical (unpaired) electrons. The van der Waals surface area contributed by atoms with Gasteiger partial charge in [-0.3, -0.25) is 4.90 Å². The molecule has 0 amide bonds. The standard InChI is InChI=1S/C10H22N2O/c1-2-13-9-10-5-3-7-12(10)8-4-6-11/h10H,2-9,11H2,1H3. The Morgan fingerprint density at radius 2 is 2.38 bits per heavy atom. The summed E-state index contributed by atoms with van der Waals surface area (Å²) in [6.07, 6.45) is 3.73. The van der Waals surface area contributed by atoms with Gasteiger partial charge in [-0.05, 0) is 45.8 Å². The molecule has 3 nitrogen and oxygen atoms in total. The van der Waals surface area contributed by atoms with E-state index in [0.717, 1.165) is 32.7 Å². The fourth-order valence-electron chi connectivity index (χ4n) is 1.93. The van der Waals surface area contributed by atoms with Crippen molar-refractivity contribution < 1.29 is 4.74 Å². The van der Waals surface area contributed by atoms with E-state index in [9.17, 15) is 0 Å². The second kappa shape index (κ2) is 6.35. The van der Waals surface area contributed by atoms with Crippen LogP contribution in [-0.4, -0.2) is 43.8 Å². The summed E-state index contributed by atoms with van der Waals surface area (Å²) in [5.41, 5.74) is 5.49. The molecule has 1 aliphatic heterocycles. The third-order valence-corrected chi connectivity index (χ3v) is 2.66. The lowest BCUT2D eigenvalue weighted by Crippen LogP contribution is -2.34. The van der Waals surface area contributed by atoms with E-state index in [1.807, 2.05) is 0 Å². The second-order valence-corrected chi connectivity index (χ2v) is 3.63. The largest absolute Gasteiger partial charge is 0.380 e. The van der Waals surface area contributed by atoms with Crippen LogP contribution in [0.5, 0.6) is 0 Å². The molecule has 0 spiro atoms. The van der Waals surface area contributed by atoms with Crippen LogP contribution in [0.3, 0.4) is 0 Å². The molecule has 13 heavy (non-hydrogen) atoms. The molecule has 0 saturated carbocycles. The highest BCUT2D eigenvalue weighted by Gasteiger charge is 2.23. The lowest BCUT2D eigenvalue weighted by molar-refractivity contribution is 0.0850. The van der Waals surface area contributed by atoms with Crippen LogP contribution >= 0.6 is 0 Å². The molecule has 1 heterocycles. The molecule has 0 bridgehead atoms. The molecule has 1 saturated heterocycles. The van der Waals surface area contributed by atoms with E-state index in [4.69, 9.17) is 10.5 Å². The monoisotopic (exact) mass is 186 g/mol. The van der Waals surface area contributed by atoms with E-state index in [-0.39, 0.29) is 0 Å². The van der Waals surface area contributed by atoms with Gasteiger partial charge >= 0.3 is 0 Å². The van der Waals surface area contributed by atoms with Gasteiger partial charge in [-0.2, -0.15) is 0 Å². The molecule has 1 atom stereocenters. The normalized spacial score (nSPS) is 24.0. The van der Waals surface area contributed by atoms with Gasteiger partial charge in [0.25, 0.3) is 0 Å². The molecular formula is C10H22N2O. The topological polar surface area (TPSA) is 38.5 Å².